The molecule has 110 valence electrons. The van der Waals surface area contributed by atoms with Gasteiger partial charge >= 0.3 is 0 Å². The SMILES string of the molecule is CCN(CC(=O)c1ccccc1OC)c1cccc(F)c1. The Morgan fingerprint density at radius 3 is 2.62 bits per heavy atom. The quantitative estimate of drug-likeness (QED) is 0.761. The highest BCUT2D eigenvalue weighted by molar-refractivity contribution is 6.01. The van der Waals surface area contributed by atoms with Crippen LogP contribution in [-0.4, -0.2) is 26.0 Å². The van der Waals surface area contributed by atoms with Crippen LogP contribution in [-0.2, 0) is 0 Å². The first-order chi connectivity index (χ1) is 10.2. The number of nitrogens with zero attached hydrogens (tertiary/aromatic N) is 1. The summed E-state index contributed by atoms with van der Waals surface area (Å²) in [5.74, 6) is 0.187. The van der Waals surface area contributed by atoms with Crippen LogP contribution in [0.4, 0.5) is 10.1 Å². The zero-order chi connectivity index (χ0) is 15.2. The number of anilines is 1. The van der Waals surface area contributed by atoms with Crippen molar-refractivity contribution in [3.05, 3.63) is 59.9 Å². The first-order valence-corrected chi connectivity index (χ1v) is 6.82. The number of carbonyl (C=O) groups is 1. The lowest BCUT2D eigenvalue weighted by molar-refractivity contribution is 0.0996. The van der Waals surface area contributed by atoms with E-state index in [1.165, 1.54) is 19.2 Å². The van der Waals surface area contributed by atoms with E-state index in [0.717, 1.165) is 0 Å². The number of Topliss-reactive ketones (excluding diaryl/α,β-unsaturated/α-hetero) is 1. The summed E-state index contributed by atoms with van der Waals surface area (Å²) >= 11 is 0. The molecular weight excluding hydrogens is 269 g/mol. The number of ether oxygens (including phenoxy) is 1. The summed E-state index contributed by atoms with van der Waals surface area (Å²) in [6.07, 6.45) is 0. The molecule has 2 aromatic carbocycles. The molecule has 2 rings (SSSR count). The van der Waals surface area contributed by atoms with Crippen molar-refractivity contribution in [3.63, 3.8) is 0 Å². The molecule has 0 bridgehead atoms. The van der Waals surface area contributed by atoms with E-state index < -0.39 is 0 Å². The van der Waals surface area contributed by atoms with E-state index in [1.807, 2.05) is 17.9 Å². The Balaban J connectivity index is 2.20. The maximum Gasteiger partial charge on any atom is 0.185 e. The van der Waals surface area contributed by atoms with Gasteiger partial charge < -0.3 is 9.64 Å². The van der Waals surface area contributed by atoms with Crippen molar-refractivity contribution in [2.45, 2.75) is 6.92 Å². The van der Waals surface area contributed by atoms with Crippen molar-refractivity contribution in [2.24, 2.45) is 0 Å². The summed E-state index contributed by atoms with van der Waals surface area (Å²) in [6.45, 7) is 2.73. The summed E-state index contributed by atoms with van der Waals surface area (Å²) in [4.78, 5) is 14.3. The fraction of sp³-hybridized carbons (Fsp3) is 0.235. The maximum atomic E-state index is 13.3. The fourth-order valence-electron chi connectivity index (χ4n) is 2.19. The smallest absolute Gasteiger partial charge is 0.185 e. The van der Waals surface area contributed by atoms with Crippen molar-refractivity contribution in [1.82, 2.24) is 0 Å². The zero-order valence-electron chi connectivity index (χ0n) is 12.2. The molecule has 4 heteroatoms. The lowest BCUT2D eigenvalue weighted by atomic mass is 10.1. The summed E-state index contributed by atoms with van der Waals surface area (Å²) in [7, 11) is 1.54. The van der Waals surface area contributed by atoms with Gasteiger partial charge in [0.1, 0.15) is 11.6 Å². The van der Waals surface area contributed by atoms with E-state index in [-0.39, 0.29) is 18.1 Å². The van der Waals surface area contributed by atoms with Crippen LogP contribution in [0.15, 0.2) is 48.5 Å². The summed E-state index contributed by atoms with van der Waals surface area (Å²) < 4.78 is 18.5. The monoisotopic (exact) mass is 287 g/mol. The normalized spacial score (nSPS) is 10.2. The Labute approximate surface area is 124 Å². The Bertz CT molecular complexity index is 628. The van der Waals surface area contributed by atoms with Crippen molar-refractivity contribution < 1.29 is 13.9 Å². The molecule has 21 heavy (non-hydrogen) atoms. The molecule has 0 N–H and O–H groups in total. The average Bonchev–Trinajstić information content (AvgIpc) is 2.52. The maximum absolute atomic E-state index is 13.3. The summed E-state index contributed by atoms with van der Waals surface area (Å²) in [5.41, 5.74) is 1.23. The van der Waals surface area contributed by atoms with Crippen LogP contribution in [0, 0.1) is 5.82 Å². The minimum absolute atomic E-state index is 0.0569. The van der Waals surface area contributed by atoms with Crippen LogP contribution in [0.25, 0.3) is 0 Å². The number of hydrogen-bond acceptors (Lipinski definition) is 3. The molecule has 0 aliphatic heterocycles. The molecule has 0 radical (unpaired) electrons. The number of ketones is 1. The van der Waals surface area contributed by atoms with E-state index in [1.54, 1.807) is 30.3 Å². The lowest BCUT2D eigenvalue weighted by Gasteiger charge is -2.22. The summed E-state index contributed by atoms with van der Waals surface area (Å²) in [5, 5.41) is 0. The molecule has 0 atom stereocenters. The number of hydrogen-bond donors (Lipinski definition) is 0. The molecule has 0 heterocycles. The number of methoxy groups -OCH3 is 1. The first-order valence-electron chi connectivity index (χ1n) is 6.82. The number of likely N-dealkylation sites (N-methyl/N-ethyl adjacent to an activating group) is 1. The molecule has 0 amide bonds. The van der Waals surface area contributed by atoms with E-state index in [4.69, 9.17) is 4.74 Å². The summed E-state index contributed by atoms with van der Waals surface area (Å²) in [6, 6.07) is 13.4. The van der Waals surface area contributed by atoms with Gasteiger partial charge in [-0.05, 0) is 37.3 Å². The van der Waals surface area contributed by atoms with Gasteiger partial charge in [-0.3, -0.25) is 4.79 Å². The van der Waals surface area contributed by atoms with Crippen LogP contribution >= 0.6 is 0 Å². The molecular formula is C17H18FNO2. The van der Waals surface area contributed by atoms with Gasteiger partial charge in [-0.2, -0.15) is 0 Å². The molecule has 0 aliphatic rings. The van der Waals surface area contributed by atoms with E-state index in [9.17, 15) is 9.18 Å². The molecule has 2 aromatic rings. The highest BCUT2D eigenvalue weighted by Crippen LogP contribution is 2.20. The highest BCUT2D eigenvalue weighted by atomic mass is 19.1. The van der Waals surface area contributed by atoms with Gasteiger partial charge in [0.05, 0.1) is 19.2 Å². The second-order valence-corrected chi connectivity index (χ2v) is 4.62. The second kappa shape index (κ2) is 6.88. The van der Waals surface area contributed by atoms with E-state index >= 15 is 0 Å². The molecule has 0 saturated carbocycles. The average molecular weight is 287 g/mol. The fourth-order valence-corrected chi connectivity index (χ4v) is 2.19. The number of para-hydroxylation sites is 1. The predicted octanol–water partition coefficient (Wildman–Crippen LogP) is 3.54. The van der Waals surface area contributed by atoms with Gasteiger partial charge in [-0.15, -0.1) is 0 Å². The third-order valence-electron chi connectivity index (χ3n) is 3.30. The Hall–Kier alpha value is -2.36. The third kappa shape index (κ3) is 3.60. The molecule has 0 spiro atoms. The predicted molar refractivity (Wildman–Crippen MR) is 81.6 cm³/mol. The first kappa shape index (κ1) is 15.0. The van der Waals surface area contributed by atoms with Crippen molar-refractivity contribution in [2.75, 3.05) is 25.1 Å². The van der Waals surface area contributed by atoms with Crippen LogP contribution in [0.2, 0.25) is 0 Å². The Kier molecular flexibility index (Phi) is 4.93. The number of halogens is 1. The molecule has 0 aliphatic carbocycles. The van der Waals surface area contributed by atoms with Gasteiger partial charge in [-0.1, -0.05) is 18.2 Å². The Morgan fingerprint density at radius 2 is 1.95 bits per heavy atom. The molecule has 0 saturated heterocycles. The second-order valence-electron chi connectivity index (χ2n) is 4.62. The highest BCUT2D eigenvalue weighted by Gasteiger charge is 2.15. The molecule has 0 aromatic heterocycles. The van der Waals surface area contributed by atoms with Crippen molar-refractivity contribution in [1.29, 1.82) is 0 Å². The lowest BCUT2D eigenvalue weighted by Crippen LogP contribution is -2.29. The number of benzene rings is 2. The van der Waals surface area contributed by atoms with Gasteiger partial charge in [0.2, 0.25) is 0 Å². The number of carbonyl (C=O) groups excluding carboxylic acids is 1. The van der Waals surface area contributed by atoms with E-state index in [2.05, 4.69) is 0 Å². The van der Waals surface area contributed by atoms with Crippen molar-refractivity contribution >= 4 is 11.5 Å². The Morgan fingerprint density at radius 1 is 1.19 bits per heavy atom. The minimum Gasteiger partial charge on any atom is -0.496 e. The van der Waals surface area contributed by atoms with Gasteiger partial charge in [0.15, 0.2) is 5.78 Å². The largest absolute Gasteiger partial charge is 0.496 e. The molecule has 0 fully saturated rings. The van der Waals surface area contributed by atoms with Crippen molar-refractivity contribution in [3.8, 4) is 5.75 Å². The van der Waals surface area contributed by atoms with Gasteiger partial charge in [-0.25, -0.2) is 4.39 Å². The van der Waals surface area contributed by atoms with Crippen LogP contribution < -0.4 is 9.64 Å². The molecule has 3 nitrogen and oxygen atoms in total. The van der Waals surface area contributed by atoms with Gasteiger partial charge in [0, 0.05) is 12.2 Å². The number of rotatable bonds is 6. The van der Waals surface area contributed by atoms with E-state index in [0.29, 0.717) is 23.5 Å². The third-order valence-corrected chi connectivity index (χ3v) is 3.30. The van der Waals surface area contributed by atoms with Crippen LogP contribution in [0.5, 0.6) is 5.75 Å². The molecule has 0 unspecified atom stereocenters. The van der Waals surface area contributed by atoms with Gasteiger partial charge in [0.25, 0.3) is 0 Å². The zero-order valence-corrected chi connectivity index (χ0v) is 12.2. The standard InChI is InChI=1S/C17H18FNO2/c1-3-19(14-8-6-7-13(18)11-14)12-16(20)15-9-4-5-10-17(15)21-2/h4-11H,3,12H2,1-2H3. The van der Waals surface area contributed by atoms with Crippen LogP contribution in [0.3, 0.4) is 0 Å². The minimum atomic E-state index is -0.310. The van der Waals surface area contributed by atoms with Crippen LogP contribution in [0.1, 0.15) is 17.3 Å². The topological polar surface area (TPSA) is 29.5 Å².